The van der Waals surface area contributed by atoms with Gasteiger partial charge in [0.2, 0.25) is 5.91 Å². The first-order valence-corrected chi connectivity index (χ1v) is 4.57. The van der Waals surface area contributed by atoms with Crippen molar-refractivity contribution in [3.63, 3.8) is 0 Å². The molecule has 0 heterocycles. The normalized spacial score (nSPS) is 11.8. The van der Waals surface area contributed by atoms with Crippen LogP contribution in [0.25, 0.3) is 0 Å². The van der Waals surface area contributed by atoms with Gasteiger partial charge < -0.3 is 10.1 Å². The first-order valence-electron chi connectivity index (χ1n) is 4.57. The van der Waals surface area contributed by atoms with E-state index in [1.165, 1.54) is 0 Å². The van der Waals surface area contributed by atoms with Crippen molar-refractivity contribution in [2.45, 2.75) is 19.4 Å². The van der Waals surface area contributed by atoms with E-state index in [0.29, 0.717) is 6.42 Å². The molecule has 1 atom stereocenters. The standard InChI is InChI=1S/C11H13NO2/c1-2-11(14)12-10(8-13)9-6-4-3-5-7-9/h3-8,10H,2H2,1H3,(H,12,14)/t10-/m0/s1. The molecule has 1 rings (SSSR count). The average molecular weight is 191 g/mol. The molecule has 0 aliphatic rings. The number of carbonyl (C=O) groups is 2. The Labute approximate surface area is 83.1 Å². The van der Waals surface area contributed by atoms with Crippen LogP contribution in [0.1, 0.15) is 24.9 Å². The smallest absolute Gasteiger partial charge is 0.220 e. The van der Waals surface area contributed by atoms with Crippen molar-refractivity contribution in [3.8, 4) is 0 Å². The molecule has 1 amide bonds. The predicted molar refractivity (Wildman–Crippen MR) is 53.7 cm³/mol. The van der Waals surface area contributed by atoms with Gasteiger partial charge in [-0.05, 0) is 5.56 Å². The minimum Gasteiger partial charge on any atom is -0.342 e. The monoisotopic (exact) mass is 191 g/mol. The maximum Gasteiger partial charge on any atom is 0.220 e. The third-order valence-electron chi connectivity index (χ3n) is 1.93. The van der Waals surface area contributed by atoms with Gasteiger partial charge in [0.1, 0.15) is 12.3 Å². The van der Waals surface area contributed by atoms with Crippen LogP contribution in [-0.2, 0) is 9.59 Å². The highest BCUT2D eigenvalue weighted by molar-refractivity contribution is 5.79. The molecule has 0 fully saturated rings. The molecule has 0 unspecified atom stereocenters. The Bertz CT molecular complexity index is 308. The fourth-order valence-electron chi connectivity index (χ4n) is 1.13. The largest absolute Gasteiger partial charge is 0.342 e. The zero-order valence-corrected chi connectivity index (χ0v) is 8.07. The summed E-state index contributed by atoms with van der Waals surface area (Å²) in [6, 6.07) is 8.65. The number of hydrogen-bond donors (Lipinski definition) is 1. The molecule has 1 N–H and O–H groups in total. The van der Waals surface area contributed by atoms with E-state index in [9.17, 15) is 9.59 Å². The molecule has 74 valence electrons. The van der Waals surface area contributed by atoms with Crippen molar-refractivity contribution >= 4 is 12.2 Å². The number of amides is 1. The van der Waals surface area contributed by atoms with Gasteiger partial charge in [-0.1, -0.05) is 37.3 Å². The second kappa shape index (κ2) is 5.17. The number of hydrogen-bond acceptors (Lipinski definition) is 2. The van der Waals surface area contributed by atoms with Crippen molar-refractivity contribution in [3.05, 3.63) is 35.9 Å². The Morgan fingerprint density at radius 3 is 2.57 bits per heavy atom. The summed E-state index contributed by atoms with van der Waals surface area (Å²) in [5, 5.41) is 2.63. The minimum absolute atomic E-state index is 0.119. The molecule has 0 aromatic heterocycles. The Morgan fingerprint density at radius 2 is 2.07 bits per heavy atom. The first-order chi connectivity index (χ1) is 6.77. The summed E-state index contributed by atoms with van der Waals surface area (Å²) in [7, 11) is 0. The molecule has 0 radical (unpaired) electrons. The van der Waals surface area contributed by atoms with Crippen molar-refractivity contribution in [1.82, 2.24) is 5.32 Å². The molecule has 0 spiro atoms. The molecule has 0 aliphatic heterocycles. The van der Waals surface area contributed by atoms with Gasteiger partial charge in [0.25, 0.3) is 0 Å². The van der Waals surface area contributed by atoms with Crippen LogP contribution < -0.4 is 5.32 Å². The third kappa shape index (κ3) is 2.69. The molecule has 3 heteroatoms. The van der Waals surface area contributed by atoms with E-state index in [0.717, 1.165) is 11.8 Å². The van der Waals surface area contributed by atoms with Gasteiger partial charge in [-0.2, -0.15) is 0 Å². The zero-order chi connectivity index (χ0) is 10.4. The lowest BCUT2D eigenvalue weighted by Gasteiger charge is -2.11. The van der Waals surface area contributed by atoms with E-state index >= 15 is 0 Å². The quantitative estimate of drug-likeness (QED) is 0.732. The lowest BCUT2D eigenvalue weighted by Crippen LogP contribution is -2.28. The second-order valence-electron chi connectivity index (χ2n) is 2.95. The minimum atomic E-state index is -0.524. The van der Waals surface area contributed by atoms with E-state index in [2.05, 4.69) is 5.32 Å². The van der Waals surface area contributed by atoms with E-state index in [-0.39, 0.29) is 5.91 Å². The van der Waals surface area contributed by atoms with Gasteiger partial charge >= 0.3 is 0 Å². The van der Waals surface area contributed by atoms with E-state index in [1.807, 2.05) is 30.3 Å². The molecular formula is C11H13NO2. The molecule has 0 saturated heterocycles. The zero-order valence-electron chi connectivity index (χ0n) is 8.07. The van der Waals surface area contributed by atoms with E-state index < -0.39 is 6.04 Å². The topological polar surface area (TPSA) is 46.2 Å². The van der Waals surface area contributed by atoms with Crippen LogP contribution in [0.5, 0.6) is 0 Å². The Balaban J connectivity index is 2.73. The van der Waals surface area contributed by atoms with Crippen LogP contribution in [-0.4, -0.2) is 12.2 Å². The Kier molecular flexibility index (Phi) is 3.85. The molecule has 0 saturated carbocycles. The fourth-order valence-corrected chi connectivity index (χ4v) is 1.13. The highest BCUT2D eigenvalue weighted by Crippen LogP contribution is 2.09. The highest BCUT2D eigenvalue weighted by atomic mass is 16.2. The lowest BCUT2D eigenvalue weighted by molar-refractivity contribution is -0.123. The van der Waals surface area contributed by atoms with Crippen molar-refractivity contribution in [2.24, 2.45) is 0 Å². The SMILES string of the molecule is CCC(=O)N[C@@H](C=O)c1ccccc1. The summed E-state index contributed by atoms with van der Waals surface area (Å²) in [5.74, 6) is -0.119. The summed E-state index contributed by atoms with van der Waals surface area (Å²) in [6.07, 6.45) is 1.13. The van der Waals surface area contributed by atoms with Gasteiger partial charge in [-0.3, -0.25) is 4.79 Å². The average Bonchev–Trinajstić information content (AvgIpc) is 2.26. The number of benzene rings is 1. The number of rotatable bonds is 4. The highest BCUT2D eigenvalue weighted by Gasteiger charge is 2.11. The second-order valence-corrected chi connectivity index (χ2v) is 2.95. The van der Waals surface area contributed by atoms with Crippen molar-refractivity contribution < 1.29 is 9.59 Å². The molecule has 14 heavy (non-hydrogen) atoms. The lowest BCUT2D eigenvalue weighted by atomic mass is 10.1. The summed E-state index contributed by atoms with van der Waals surface area (Å²) < 4.78 is 0. The number of nitrogens with one attached hydrogen (secondary N) is 1. The maximum atomic E-state index is 11.1. The predicted octanol–water partition coefficient (Wildman–Crippen LogP) is 1.45. The van der Waals surface area contributed by atoms with E-state index in [1.54, 1.807) is 6.92 Å². The summed E-state index contributed by atoms with van der Waals surface area (Å²) >= 11 is 0. The van der Waals surface area contributed by atoms with Gasteiger partial charge in [0.15, 0.2) is 0 Å². The molecule has 3 nitrogen and oxygen atoms in total. The Morgan fingerprint density at radius 1 is 1.43 bits per heavy atom. The molecule has 1 aromatic carbocycles. The first kappa shape index (κ1) is 10.4. The van der Waals surface area contributed by atoms with Gasteiger partial charge in [0.05, 0.1) is 0 Å². The number of carbonyl (C=O) groups excluding carboxylic acids is 2. The summed E-state index contributed by atoms with van der Waals surface area (Å²) in [6.45, 7) is 1.75. The summed E-state index contributed by atoms with van der Waals surface area (Å²) in [4.78, 5) is 21.8. The van der Waals surface area contributed by atoms with Gasteiger partial charge in [-0.15, -0.1) is 0 Å². The molecule has 1 aromatic rings. The van der Waals surface area contributed by atoms with Gasteiger partial charge in [-0.25, -0.2) is 0 Å². The molecular weight excluding hydrogens is 178 g/mol. The van der Waals surface area contributed by atoms with Gasteiger partial charge in [0, 0.05) is 6.42 Å². The summed E-state index contributed by atoms with van der Waals surface area (Å²) in [5.41, 5.74) is 0.810. The van der Waals surface area contributed by atoms with E-state index in [4.69, 9.17) is 0 Å². The van der Waals surface area contributed by atoms with Crippen LogP contribution in [0.15, 0.2) is 30.3 Å². The Hall–Kier alpha value is -1.64. The maximum absolute atomic E-state index is 11.1. The fraction of sp³-hybridized carbons (Fsp3) is 0.273. The van der Waals surface area contributed by atoms with Crippen molar-refractivity contribution in [1.29, 1.82) is 0 Å². The van der Waals surface area contributed by atoms with Crippen LogP contribution in [0.3, 0.4) is 0 Å². The molecule has 0 aliphatic carbocycles. The van der Waals surface area contributed by atoms with Crippen LogP contribution in [0.4, 0.5) is 0 Å². The number of aldehydes is 1. The third-order valence-corrected chi connectivity index (χ3v) is 1.93. The van der Waals surface area contributed by atoms with Crippen molar-refractivity contribution in [2.75, 3.05) is 0 Å². The van der Waals surface area contributed by atoms with Crippen LogP contribution in [0, 0.1) is 0 Å². The van der Waals surface area contributed by atoms with Crippen LogP contribution >= 0.6 is 0 Å². The van der Waals surface area contributed by atoms with Crippen LogP contribution in [0.2, 0.25) is 0 Å². The molecule has 0 bridgehead atoms.